The molecule has 0 aromatic carbocycles. The maximum absolute atomic E-state index is 5.36. The Morgan fingerprint density at radius 2 is 2.18 bits per heavy atom. The Kier molecular flexibility index (Phi) is 7.59. The Bertz CT molecular complexity index is 88.9. The van der Waals surface area contributed by atoms with Crippen LogP contribution in [-0.4, -0.2) is 12.7 Å². The molecule has 1 nitrogen and oxygen atoms in total. The van der Waals surface area contributed by atoms with Crippen LogP contribution in [0.15, 0.2) is 12.7 Å². The molecule has 0 amide bonds. The van der Waals surface area contributed by atoms with Crippen molar-refractivity contribution in [1.82, 2.24) is 0 Å². The van der Waals surface area contributed by atoms with E-state index in [0.717, 1.165) is 13.0 Å². The summed E-state index contributed by atoms with van der Waals surface area (Å²) in [5.74, 6) is 0. The lowest BCUT2D eigenvalue weighted by Crippen LogP contribution is -2.09. The number of hydrogen-bond acceptors (Lipinski definition) is 1. The fourth-order valence-corrected chi connectivity index (χ4v) is 0.911. The summed E-state index contributed by atoms with van der Waals surface area (Å²) >= 11 is 0. The van der Waals surface area contributed by atoms with Gasteiger partial charge in [0.05, 0.1) is 6.10 Å². The molecule has 0 aliphatic rings. The van der Waals surface area contributed by atoms with E-state index in [-0.39, 0.29) is 6.10 Å². The van der Waals surface area contributed by atoms with Gasteiger partial charge in [0.2, 0.25) is 0 Å². The van der Waals surface area contributed by atoms with Gasteiger partial charge in [0, 0.05) is 6.61 Å². The third kappa shape index (κ3) is 6.11. The van der Waals surface area contributed by atoms with Gasteiger partial charge in [-0.1, -0.05) is 25.8 Å². The SMILES string of the molecule is C=CC([CH]CCCC)OCC. The van der Waals surface area contributed by atoms with E-state index < -0.39 is 0 Å². The summed E-state index contributed by atoms with van der Waals surface area (Å²) in [4.78, 5) is 0. The van der Waals surface area contributed by atoms with E-state index in [1.165, 1.54) is 12.8 Å². The molecule has 0 aliphatic heterocycles. The summed E-state index contributed by atoms with van der Waals surface area (Å²) in [5.41, 5.74) is 0. The summed E-state index contributed by atoms with van der Waals surface area (Å²) in [6.07, 6.45) is 7.81. The van der Waals surface area contributed by atoms with Crippen molar-refractivity contribution in [2.75, 3.05) is 6.61 Å². The van der Waals surface area contributed by atoms with Crippen LogP contribution in [0.2, 0.25) is 0 Å². The van der Waals surface area contributed by atoms with E-state index >= 15 is 0 Å². The molecule has 0 bridgehead atoms. The molecule has 0 saturated carbocycles. The van der Waals surface area contributed by atoms with Crippen molar-refractivity contribution < 1.29 is 4.74 Å². The molecule has 0 aromatic rings. The van der Waals surface area contributed by atoms with E-state index in [9.17, 15) is 0 Å². The third-order valence-electron chi connectivity index (χ3n) is 1.55. The minimum Gasteiger partial charge on any atom is -0.374 e. The largest absolute Gasteiger partial charge is 0.374 e. The van der Waals surface area contributed by atoms with Crippen LogP contribution in [0.5, 0.6) is 0 Å². The zero-order chi connectivity index (χ0) is 8.53. The van der Waals surface area contributed by atoms with Gasteiger partial charge < -0.3 is 4.74 Å². The lowest BCUT2D eigenvalue weighted by molar-refractivity contribution is 0.115. The minimum atomic E-state index is 0.159. The molecule has 0 aliphatic carbocycles. The Morgan fingerprint density at radius 3 is 2.64 bits per heavy atom. The molecular formula is C10H19O. The Hall–Kier alpha value is -0.300. The quantitative estimate of drug-likeness (QED) is 0.405. The minimum absolute atomic E-state index is 0.159. The normalized spacial score (nSPS) is 12.9. The van der Waals surface area contributed by atoms with Crippen molar-refractivity contribution in [3.05, 3.63) is 19.1 Å². The first-order valence-corrected chi connectivity index (χ1v) is 4.42. The van der Waals surface area contributed by atoms with Gasteiger partial charge in [-0.2, -0.15) is 0 Å². The molecule has 0 rings (SSSR count). The molecule has 1 radical (unpaired) electrons. The monoisotopic (exact) mass is 155 g/mol. The maximum Gasteiger partial charge on any atom is 0.0784 e. The Balaban J connectivity index is 3.28. The van der Waals surface area contributed by atoms with Crippen LogP contribution in [0, 0.1) is 6.42 Å². The average Bonchev–Trinajstić information content (AvgIpc) is 2.03. The third-order valence-corrected chi connectivity index (χ3v) is 1.55. The second-order valence-electron chi connectivity index (χ2n) is 2.53. The van der Waals surface area contributed by atoms with Crippen molar-refractivity contribution in [2.24, 2.45) is 0 Å². The molecule has 65 valence electrons. The van der Waals surface area contributed by atoms with Crippen LogP contribution < -0.4 is 0 Å². The zero-order valence-corrected chi connectivity index (χ0v) is 7.68. The summed E-state index contributed by atoms with van der Waals surface area (Å²) in [7, 11) is 0. The molecule has 0 N–H and O–H groups in total. The van der Waals surface area contributed by atoms with E-state index in [1.807, 2.05) is 13.0 Å². The number of rotatable bonds is 7. The van der Waals surface area contributed by atoms with Gasteiger partial charge in [-0.25, -0.2) is 0 Å². The fraction of sp³-hybridized carbons (Fsp3) is 0.700. The van der Waals surface area contributed by atoms with Crippen molar-refractivity contribution in [2.45, 2.75) is 39.2 Å². The van der Waals surface area contributed by atoms with Gasteiger partial charge in [0.25, 0.3) is 0 Å². The smallest absolute Gasteiger partial charge is 0.0784 e. The Morgan fingerprint density at radius 1 is 1.45 bits per heavy atom. The molecule has 0 fully saturated rings. The predicted molar refractivity (Wildman–Crippen MR) is 49.4 cm³/mol. The van der Waals surface area contributed by atoms with E-state index in [1.54, 1.807) is 0 Å². The highest BCUT2D eigenvalue weighted by Gasteiger charge is 2.01. The van der Waals surface area contributed by atoms with Crippen molar-refractivity contribution >= 4 is 0 Å². The first kappa shape index (κ1) is 10.7. The van der Waals surface area contributed by atoms with Crippen LogP contribution in [-0.2, 0) is 4.74 Å². The molecule has 0 heterocycles. The van der Waals surface area contributed by atoms with Gasteiger partial charge in [-0.15, -0.1) is 6.58 Å². The maximum atomic E-state index is 5.36. The molecule has 1 heteroatoms. The summed E-state index contributed by atoms with van der Waals surface area (Å²) in [6, 6.07) is 0. The highest BCUT2D eigenvalue weighted by atomic mass is 16.5. The molecule has 0 saturated heterocycles. The van der Waals surface area contributed by atoms with Gasteiger partial charge in [-0.3, -0.25) is 0 Å². The van der Waals surface area contributed by atoms with Crippen LogP contribution in [0.4, 0.5) is 0 Å². The zero-order valence-electron chi connectivity index (χ0n) is 7.68. The highest BCUT2D eigenvalue weighted by Crippen LogP contribution is 2.05. The first-order chi connectivity index (χ1) is 5.35. The number of unbranched alkanes of at least 4 members (excludes halogenated alkanes) is 2. The standard InChI is InChI=1S/C10H19O/c1-4-7-8-9-10(5-2)11-6-3/h5,9-10H,2,4,6-8H2,1,3H3. The van der Waals surface area contributed by atoms with Gasteiger partial charge in [0.15, 0.2) is 0 Å². The lowest BCUT2D eigenvalue weighted by Gasteiger charge is -2.10. The molecule has 1 atom stereocenters. The fourth-order valence-electron chi connectivity index (χ4n) is 0.911. The summed E-state index contributed by atoms with van der Waals surface area (Å²) < 4.78 is 5.36. The number of ether oxygens (including phenoxy) is 1. The second kappa shape index (κ2) is 7.80. The lowest BCUT2D eigenvalue weighted by atomic mass is 10.1. The van der Waals surface area contributed by atoms with Crippen LogP contribution in [0.1, 0.15) is 33.1 Å². The first-order valence-electron chi connectivity index (χ1n) is 4.42. The van der Waals surface area contributed by atoms with Gasteiger partial charge in [0.1, 0.15) is 0 Å². The van der Waals surface area contributed by atoms with Crippen molar-refractivity contribution in [3.63, 3.8) is 0 Å². The van der Waals surface area contributed by atoms with Crippen LogP contribution in [0.3, 0.4) is 0 Å². The Labute approximate surface area is 70.4 Å². The van der Waals surface area contributed by atoms with Gasteiger partial charge in [-0.05, 0) is 19.8 Å². The molecule has 11 heavy (non-hydrogen) atoms. The highest BCUT2D eigenvalue weighted by molar-refractivity contribution is 4.91. The topological polar surface area (TPSA) is 9.23 Å². The van der Waals surface area contributed by atoms with E-state index in [4.69, 9.17) is 4.74 Å². The van der Waals surface area contributed by atoms with Gasteiger partial charge >= 0.3 is 0 Å². The number of hydrogen-bond donors (Lipinski definition) is 0. The summed E-state index contributed by atoms with van der Waals surface area (Å²) in [6.45, 7) is 8.66. The van der Waals surface area contributed by atoms with Crippen LogP contribution >= 0.6 is 0 Å². The molecule has 1 unspecified atom stereocenters. The molecular weight excluding hydrogens is 136 g/mol. The molecule has 0 aromatic heterocycles. The van der Waals surface area contributed by atoms with E-state index in [2.05, 4.69) is 19.9 Å². The molecule has 0 spiro atoms. The predicted octanol–water partition coefficient (Wildman–Crippen LogP) is 2.97. The van der Waals surface area contributed by atoms with Crippen LogP contribution in [0.25, 0.3) is 0 Å². The summed E-state index contributed by atoms with van der Waals surface area (Å²) in [5, 5.41) is 0. The second-order valence-corrected chi connectivity index (χ2v) is 2.53. The van der Waals surface area contributed by atoms with E-state index in [0.29, 0.717) is 0 Å². The van der Waals surface area contributed by atoms with Crippen molar-refractivity contribution in [1.29, 1.82) is 0 Å². The van der Waals surface area contributed by atoms with Crippen molar-refractivity contribution in [3.8, 4) is 0 Å². The average molecular weight is 155 g/mol.